The van der Waals surface area contributed by atoms with E-state index < -0.39 is 10.9 Å². The standard InChI is InChI=1S/C18H16N2O5/c21-17(19-6-1-2-7-19)13-5-3-4-12(8-13)14-9-15(18(22)23)11-16(10-14)20(24)25/h3-5,8-11H,1-2,6-7H2,(H,22,23). The monoisotopic (exact) mass is 340 g/mol. The van der Waals surface area contributed by atoms with E-state index in [9.17, 15) is 19.7 Å². The Morgan fingerprint density at radius 3 is 2.32 bits per heavy atom. The van der Waals surface area contributed by atoms with Gasteiger partial charge in [-0.2, -0.15) is 0 Å². The van der Waals surface area contributed by atoms with Crippen LogP contribution in [0.2, 0.25) is 0 Å². The number of carboxylic acids is 1. The molecule has 128 valence electrons. The highest BCUT2D eigenvalue weighted by molar-refractivity contribution is 5.96. The average Bonchev–Trinajstić information content (AvgIpc) is 3.15. The lowest BCUT2D eigenvalue weighted by molar-refractivity contribution is -0.384. The second-order valence-corrected chi connectivity index (χ2v) is 5.91. The van der Waals surface area contributed by atoms with E-state index in [1.165, 1.54) is 12.1 Å². The fourth-order valence-corrected chi connectivity index (χ4v) is 2.94. The van der Waals surface area contributed by atoms with Crippen molar-refractivity contribution in [3.63, 3.8) is 0 Å². The molecule has 1 N–H and O–H groups in total. The molecule has 0 aliphatic carbocycles. The van der Waals surface area contributed by atoms with Crippen LogP contribution < -0.4 is 0 Å². The SMILES string of the molecule is O=C(O)c1cc(-c2cccc(C(=O)N3CCCC3)c2)cc([N+](=O)[O-])c1. The van der Waals surface area contributed by atoms with Crippen molar-refractivity contribution in [3.8, 4) is 11.1 Å². The number of hydrogen-bond acceptors (Lipinski definition) is 4. The molecule has 1 saturated heterocycles. The summed E-state index contributed by atoms with van der Waals surface area (Å²) >= 11 is 0. The second-order valence-electron chi connectivity index (χ2n) is 5.91. The number of likely N-dealkylation sites (tertiary alicyclic amines) is 1. The molecule has 25 heavy (non-hydrogen) atoms. The molecule has 0 atom stereocenters. The highest BCUT2D eigenvalue weighted by Crippen LogP contribution is 2.27. The number of benzene rings is 2. The Bertz CT molecular complexity index is 824. The van der Waals surface area contributed by atoms with E-state index in [1.807, 2.05) is 0 Å². The van der Waals surface area contributed by atoms with Gasteiger partial charge < -0.3 is 10.0 Å². The summed E-state index contributed by atoms with van der Waals surface area (Å²) < 4.78 is 0. The Hall–Kier alpha value is -3.22. The van der Waals surface area contributed by atoms with Crippen molar-refractivity contribution in [2.24, 2.45) is 0 Å². The number of nitrogens with zero attached hydrogens (tertiary/aromatic N) is 2. The predicted octanol–water partition coefficient (Wildman–Crippen LogP) is 3.20. The van der Waals surface area contributed by atoms with Gasteiger partial charge in [0.05, 0.1) is 10.5 Å². The number of nitro benzene ring substituents is 1. The lowest BCUT2D eigenvalue weighted by Crippen LogP contribution is -2.27. The number of carboxylic acid groups (broad SMARTS) is 1. The Balaban J connectivity index is 2.01. The van der Waals surface area contributed by atoms with Gasteiger partial charge >= 0.3 is 5.97 Å². The van der Waals surface area contributed by atoms with Gasteiger partial charge in [0.2, 0.25) is 0 Å². The number of aromatic carboxylic acids is 1. The summed E-state index contributed by atoms with van der Waals surface area (Å²) in [4.78, 5) is 35.9. The van der Waals surface area contributed by atoms with E-state index in [2.05, 4.69) is 0 Å². The summed E-state index contributed by atoms with van der Waals surface area (Å²) in [6.45, 7) is 1.45. The quantitative estimate of drug-likeness (QED) is 0.680. The van der Waals surface area contributed by atoms with Crippen LogP contribution in [0.3, 0.4) is 0 Å². The molecule has 1 amide bonds. The summed E-state index contributed by atoms with van der Waals surface area (Å²) in [6.07, 6.45) is 1.97. The number of amides is 1. The summed E-state index contributed by atoms with van der Waals surface area (Å²) in [7, 11) is 0. The van der Waals surface area contributed by atoms with Crippen LogP contribution in [-0.4, -0.2) is 39.9 Å². The van der Waals surface area contributed by atoms with Gasteiger partial charge in [-0.15, -0.1) is 0 Å². The molecule has 2 aromatic rings. The number of carbonyl (C=O) groups excluding carboxylic acids is 1. The zero-order chi connectivity index (χ0) is 18.0. The normalized spacial score (nSPS) is 13.7. The van der Waals surface area contributed by atoms with Crippen molar-refractivity contribution in [2.75, 3.05) is 13.1 Å². The van der Waals surface area contributed by atoms with Crippen LogP contribution in [0.15, 0.2) is 42.5 Å². The number of non-ortho nitro benzene ring substituents is 1. The molecular formula is C18H16N2O5. The van der Waals surface area contributed by atoms with E-state index in [0.717, 1.165) is 32.0 Å². The van der Waals surface area contributed by atoms with Gasteiger partial charge in [0.25, 0.3) is 11.6 Å². The Labute approximate surface area is 143 Å². The molecular weight excluding hydrogens is 324 g/mol. The van der Waals surface area contributed by atoms with Gasteiger partial charge in [-0.25, -0.2) is 4.79 Å². The van der Waals surface area contributed by atoms with Crippen molar-refractivity contribution >= 4 is 17.6 Å². The van der Waals surface area contributed by atoms with Gasteiger partial charge in [-0.05, 0) is 42.2 Å². The van der Waals surface area contributed by atoms with Crippen LogP contribution in [0.1, 0.15) is 33.6 Å². The molecule has 1 aliphatic heterocycles. The van der Waals surface area contributed by atoms with Crippen molar-refractivity contribution in [3.05, 3.63) is 63.7 Å². The fraction of sp³-hybridized carbons (Fsp3) is 0.222. The van der Waals surface area contributed by atoms with Gasteiger partial charge in [0, 0.05) is 30.8 Å². The van der Waals surface area contributed by atoms with E-state index in [-0.39, 0.29) is 17.2 Å². The molecule has 0 bridgehead atoms. The zero-order valence-electron chi connectivity index (χ0n) is 13.3. The predicted molar refractivity (Wildman–Crippen MR) is 90.6 cm³/mol. The molecule has 0 unspecified atom stereocenters. The minimum atomic E-state index is -1.24. The first-order valence-corrected chi connectivity index (χ1v) is 7.88. The minimum Gasteiger partial charge on any atom is -0.478 e. The van der Waals surface area contributed by atoms with Crippen molar-refractivity contribution in [2.45, 2.75) is 12.8 Å². The molecule has 3 rings (SSSR count). The summed E-state index contributed by atoms with van der Waals surface area (Å²) in [6, 6.07) is 10.4. The van der Waals surface area contributed by atoms with E-state index in [4.69, 9.17) is 5.11 Å². The Morgan fingerprint density at radius 1 is 1.00 bits per heavy atom. The van der Waals surface area contributed by atoms with Crippen LogP contribution >= 0.6 is 0 Å². The molecule has 0 saturated carbocycles. The molecule has 0 spiro atoms. The second kappa shape index (κ2) is 6.72. The largest absolute Gasteiger partial charge is 0.478 e. The highest BCUT2D eigenvalue weighted by atomic mass is 16.6. The van der Waals surface area contributed by atoms with Crippen LogP contribution in [0, 0.1) is 10.1 Å². The van der Waals surface area contributed by atoms with E-state index >= 15 is 0 Å². The fourth-order valence-electron chi connectivity index (χ4n) is 2.94. The summed E-state index contributed by atoms with van der Waals surface area (Å²) in [5.41, 5.74) is 0.980. The minimum absolute atomic E-state index is 0.0803. The zero-order valence-corrected chi connectivity index (χ0v) is 13.3. The van der Waals surface area contributed by atoms with Crippen LogP contribution in [-0.2, 0) is 0 Å². The molecule has 1 fully saturated rings. The summed E-state index contributed by atoms with van der Waals surface area (Å²) in [5, 5.41) is 20.2. The number of rotatable bonds is 4. The number of hydrogen-bond donors (Lipinski definition) is 1. The lowest BCUT2D eigenvalue weighted by atomic mass is 10.00. The topological polar surface area (TPSA) is 101 Å². The molecule has 2 aromatic carbocycles. The molecule has 1 aliphatic rings. The smallest absolute Gasteiger partial charge is 0.335 e. The van der Waals surface area contributed by atoms with Crippen molar-refractivity contribution < 1.29 is 19.6 Å². The van der Waals surface area contributed by atoms with Gasteiger partial charge in [-0.3, -0.25) is 14.9 Å². The van der Waals surface area contributed by atoms with Crippen LogP contribution in [0.5, 0.6) is 0 Å². The summed E-state index contributed by atoms with van der Waals surface area (Å²) in [5.74, 6) is -1.32. The highest BCUT2D eigenvalue weighted by Gasteiger charge is 2.20. The van der Waals surface area contributed by atoms with E-state index in [1.54, 1.807) is 29.2 Å². The van der Waals surface area contributed by atoms with Gasteiger partial charge in [0.15, 0.2) is 0 Å². The third-order valence-corrected chi connectivity index (χ3v) is 4.21. The molecule has 1 heterocycles. The Kier molecular flexibility index (Phi) is 4.47. The molecule has 7 heteroatoms. The van der Waals surface area contributed by atoms with Crippen LogP contribution in [0.25, 0.3) is 11.1 Å². The molecule has 7 nitrogen and oxygen atoms in total. The first-order valence-electron chi connectivity index (χ1n) is 7.88. The van der Waals surface area contributed by atoms with Crippen molar-refractivity contribution in [1.82, 2.24) is 4.90 Å². The first-order chi connectivity index (χ1) is 12.0. The lowest BCUT2D eigenvalue weighted by Gasteiger charge is -2.15. The van der Waals surface area contributed by atoms with Crippen LogP contribution in [0.4, 0.5) is 5.69 Å². The maximum absolute atomic E-state index is 12.5. The van der Waals surface area contributed by atoms with Gasteiger partial charge in [0.1, 0.15) is 0 Å². The number of nitro groups is 1. The van der Waals surface area contributed by atoms with E-state index in [0.29, 0.717) is 16.7 Å². The van der Waals surface area contributed by atoms with Gasteiger partial charge in [-0.1, -0.05) is 12.1 Å². The average molecular weight is 340 g/mol. The van der Waals surface area contributed by atoms with Crippen molar-refractivity contribution in [1.29, 1.82) is 0 Å². The third kappa shape index (κ3) is 3.50. The maximum Gasteiger partial charge on any atom is 0.335 e. The molecule has 0 radical (unpaired) electrons. The number of carbonyl (C=O) groups is 2. The third-order valence-electron chi connectivity index (χ3n) is 4.21. The maximum atomic E-state index is 12.5. The Morgan fingerprint density at radius 2 is 1.68 bits per heavy atom. The first kappa shape index (κ1) is 16.6. The molecule has 0 aromatic heterocycles.